The number of hydrogen-bond donors (Lipinski definition) is 0. The molecule has 0 unspecified atom stereocenters. The second-order valence-electron chi connectivity index (χ2n) is 5.85. The molecule has 19 heavy (non-hydrogen) atoms. The molecule has 0 aromatic heterocycles. The van der Waals surface area contributed by atoms with Crippen LogP contribution in [0, 0.1) is 12.8 Å². The predicted octanol–water partition coefficient (Wildman–Crippen LogP) is 1.10. The van der Waals surface area contributed by atoms with Crippen LogP contribution < -0.4 is 24.0 Å². The third-order valence-electron chi connectivity index (χ3n) is 3.97. The Morgan fingerprint density at radius 1 is 1.21 bits per heavy atom. The van der Waals surface area contributed by atoms with Crippen molar-refractivity contribution in [3.05, 3.63) is 40.8 Å². The minimum Gasteiger partial charge on any atom is -1.00 e. The topological polar surface area (TPSA) is 22.3 Å². The van der Waals surface area contributed by atoms with E-state index in [4.69, 9.17) is 0 Å². The van der Waals surface area contributed by atoms with Crippen molar-refractivity contribution in [1.82, 2.24) is 0 Å². The van der Waals surface area contributed by atoms with Crippen LogP contribution in [0.3, 0.4) is 0 Å². The Balaban J connectivity index is 0.00000162. The zero-order valence-corrected chi connectivity index (χ0v) is 15.8. The first-order chi connectivity index (χ1) is 8.04. The summed E-state index contributed by atoms with van der Waals surface area (Å²) in [5, 5.41) is 10.4. The van der Waals surface area contributed by atoms with Crippen molar-refractivity contribution in [3.8, 4) is 0 Å². The normalized spacial score (nSPS) is 16.0. The maximum absolute atomic E-state index is 10.4. The maximum atomic E-state index is 10.4. The van der Waals surface area contributed by atoms with Crippen molar-refractivity contribution >= 4 is 28.8 Å². The molecule has 2 rings (SSSR count). The van der Waals surface area contributed by atoms with Crippen molar-refractivity contribution in [2.75, 3.05) is 0 Å². The Morgan fingerprint density at radius 2 is 1.74 bits per heavy atom. The Morgan fingerprint density at radius 3 is 2.11 bits per heavy atom. The van der Waals surface area contributed by atoms with Gasteiger partial charge in [0.15, 0.2) is 0 Å². The van der Waals surface area contributed by atoms with Gasteiger partial charge < -0.3 is 29.4 Å². The Kier molecular flexibility index (Phi) is 8.14. The van der Waals surface area contributed by atoms with Crippen LogP contribution in [0.25, 0.3) is 5.41 Å². The summed E-state index contributed by atoms with van der Waals surface area (Å²) < 4.78 is 0. The van der Waals surface area contributed by atoms with E-state index in [1.165, 1.54) is 17.5 Å². The minimum atomic E-state index is -0.0298. The number of nitrogens with zero attached hydrogens (tertiary/aromatic N) is 1. The predicted molar refractivity (Wildman–Crippen MR) is 80.3 cm³/mol. The fraction of sp³-hybridized carbons (Fsp3) is 0.562. The fourth-order valence-corrected chi connectivity index (χ4v) is 2.73. The minimum absolute atomic E-state index is 0. The number of benzene rings is 1. The second kappa shape index (κ2) is 7.98. The molecule has 1 aromatic carbocycles. The van der Waals surface area contributed by atoms with Crippen LogP contribution in [0.15, 0.2) is 24.3 Å². The van der Waals surface area contributed by atoms with Gasteiger partial charge in [-0.25, -0.2) is 0 Å². The number of halogens is 1. The zero-order chi connectivity index (χ0) is 12.5. The molecule has 0 spiro atoms. The van der Waals surface area contributed by atoms with Crippen molar-refractivity contribution in [2.45, 2.75) is 51.9 Å². The molecular weight excluding hydrogens is 357 g/mol. The van der Waals surface area contributed by atoms with Crippen LogP contribution >= 0.6 is 0 Å². The summed E-state index contributed by atoms with van der Waals surface area (Å²) >= 11 is 0. The van der Waals surface area contributed by atoms with Crippen LogP contribution in [0.2, 0.25) is 0 Å². The van der Waals surface area contributed by atoms with Gasteiger partial charge in [-0.05, 0) is 36.7 Å². The van der Waals surface area contributed by atoms with Crippen LogP contribution in [0.5, 0.6) is 0 Å². The van der Waals surface area contributed by atoms with E-state index < -0.39 is 0 Å². The van der Waals surface area contributed by atoms with Gasteiger partial charge in [0.1, 0.15) is 0 Å². The van der Waals surface area contributed by atoms with Gasteiger partial charge >= 0.3 is 23.1 Å². The molecule has 0 N–H and O–H groups in total. The second-order valence-corrected chi connectivity index (χ2v) is 5.85. The van der Waals surface area contributed by atoms with E-state index in [1.807, 2.05) is 0 Å². The molecule has 0 saturated heterocycles. The SMILES string of the molecule is Cc1ccc(C2(C(=[N-])CC(C)C)CCC2)cc1.[I-].[Mg+2]. The molecule has 1 aliphatic rings. The van der Waals surface area contributed by atoms with Crippen molar-refractivity contribution < 1.29 is 24.0 Å². The molecule has 0 radical (unpaired) electrons. The third-order valence-corrected chi connectivity index (χ3v) is 3.97. The molecule has 100 valence electrons. The molecule has 1 aromatic rings. The first kappa shape index (κ1) is 19.4. The molecule has 1 fully saturated rings. The van der Waals surface area contributed by atoms with Gasteiger partial charge in [0.2, 0.25) is 0 Å². The smallest absolute Gasteiger partial charge is 1.00 e. The molecule has 1 aliphatic carbocycles. The fourth-order valence-electron chi connectivity index (χ4n) is 2.73. The third kappa shape index (κ3) is 4.18. The summed E-state index contributed by atoms with van der Waals surface area (Å²) in [6, 6.07) is 8.67. The largest absolute Gasteiger partial charge is 2.00 e. The van der Waals surface area contributed by atoms with Crippen LogP contribution in [-0.4, -0.2) is 28.8 Å². The van der Waals surface area contributed by atoms with Gasteiger partial charge in [-0.3, -0.25) is 0 Å². The molecule has 0 heterocycles. The molecule has 1 saturated carbocycles. The van der Waals surface area contributed by atoms with E-state index in [1.54, 1.807) is 0 Å². The van der Waals surface area contributed by atoms with Crippen LogP contribution in [0.4, 0.5) is 0 Å². The Bertz CT molecular complexity index is 407. The molecular formula is C16H22IMgN. The van der Waals surface area contributed by atoms with Crippen LogP contribution in [0.1, 0.15) is 50.7 Å². The standard InChI is InChI=1S/C16H22N.HI.Mg/c1-12(2)11-15(17)16(9-4-10-16)14-7-5-13(3)6-8-14;;/h5-8,12H,4,9-11H2,1-3H3;1H;/q-1;;+2/p-1. The summed E-state index contributed by atoms with van der Waals surface area (Å²) in [4.78, 5) is 0. The van der Waals surface area contributed by atoms with E-state index in [0.29, 0.717) is 11.6 Å². The van der Waals surface area contributed by atoms with E-state index in [2.05, 4.69) is 45.0 Å². The average Bonchev–Trinajstić information content (AvgIpc) is 2.18. The molecule has 3 heteroatoms. The summed E-state index contributed by atoms with van der Waals surface area (Å²) in [5.41, 5.74) is 3.25. The Hall–Kier alpha value is 0.386. The van der Waals surface area contributed by atoms with Gasteiger partial charge in [-0.2, -0.15) is 5.71 Å². The van der Waals surface area contributed by atoms with Gasteiger partial charge in [-0.1, -0.05) is 56.5 Å². The van der Waals surface area contributed by atoms with E-state index in [9.17, 15) is 5.41 Å². The Labute approximate surface area is 150 Å². The average molecular weight is 380 g/mol. The zero-order valence-electron chi connectivity index (χ0n) is 12.2. The summed E-state index contributed by atoms with van der Waals surface area (Å²) in [7, 11) is 0. The summed E-state index contributed by atoms with van der Waals surface area (Å²) in [6.45, 7) is 6.43. The number of rotatable bonds is 4. The summed E-state index contributed by atoms with van der Waals surface area (Å²) in [6.07, 6.45) is 4.27. The first-order valence-corrected chi connectivity index (χ1v) is 6.67. The summed E-state index contributed by atoms with van der Waals surface area (Å²) in [5.74, 6) is 0.526. The van der Waals surface area contributed by atoms with Gasteiger partial charge in [0, 0.05) is 0 Å². The van der Waals surface area contributed by atoms with Crippen molar-refractivity contribution in [1.29, 1.82) is 0 Å². The van der Waals surface area contributed by atoms with Crippen LogP contribution in [-0.2, 0) is 5.41 Å². The number of hydrogen-bond acceptors (Lipinski definition) is 0. The van der Waals surface area contributed by atoms with E-state index >= 15 is 0 Å². The molecule has 0 atom stereocenters. The molecule has 0 bridgehead atoms. The molecule has 0 amide bonds. The molecule has 1 nitrogen and oxygen atoms in total. The van der Waals surface area contributed by atoms with Gasteiger partial charge in [0.25, 0.3) is 0 Å². The van der Waals surface area contributed by atoms with E-state index in [0.717, 1.165) is 19.3 Å². The van der Waals surface area contributed by atoms with Crippen molar-refractivity contribution in [3.63, 3.8) is 0 Å². The number of aryl methyl sites for hydroxylation is 1. The van der Waals surface area contributed by atoms with Gasteiger partial charge in [-0.15, -0.1) is 0 Å². The van der Waals surface area contributed by atoms with Crippen molar-refractivity contribution in [2.24, 2.45) is 5.92 Å². The first-order valence-electron chi connectivity index (χ1n) is 6.67. The quantitative estimate of drug-likeness (QED) is 0.425. The molecule has 0 aliphatic heterocycles. The van der Waals surface area contributed by atoms with Gasteiger partial charge in [0.05, 0.1) is 0 Å². The maximum Gasteiger partial charge on any atom is 2.00 e. The van der Waals surface area contributed by atoms with E-state index in [-0.39, 0.29) is 52.4 Å². The monoisotopic (exact) mass is 379 g/mol.